The maximum absolute atomic E-state index is 13.5. The van der Waals surface area contributed by atoms with Crippen molar-refractivity contribution in [3.63, 3.8) is 0 Å². The molecule has 0 saturated heterocycles. The molecule has 2 rings (SSSR count). The first kappa shape index (κ1) is 13.1. The predicted molar refractivity (Wildman–Crippen MR) is 70.5 cm³/mol. The summed E-state index contributed by atoms with van der Waals surface area (Å²) in [6.07, 6.45) is 3.38. The van der Waals surface area contributed by atoms with Crippen LogP contribution in [0.3, 0.4) is 0 Å². The third-order valence-electron chi connectivity index (χ3n) is 2.53. The first-order valence-electron chi connectivity index (χ1n) is 6.00. The van der Waals surface area contributed by atoms with E-state index in [-0.39, 0.29) is 5.75 Å². The molecule has 1 aromatic heterocycles. The standard InChI is InChI=1S/C12H16FN5O/c1-2-19-12-8-11(10(14)7-9(12)13)15-3-5-18-6-4-16-17-18/h4,6-8,15H,2-3,5,14H2,1H3. The molecule has 0 saturated carbocycles. The van der Waals surface area contributed by atoms with Gasteiger partial charge in [-0.25, -0.2) is 4.39 Å². The van der Waals surface area contributed by atoms with Gasteiger partial charge in [0.2, 0.25) is 0 Å². The Morgan fingerprint density at radius 1 is 1.47 bits per heavy atom. The van der Waals surface area contributed by atoms with Crippen molar-refractivity contribution in [2.45, 2.75) is 13.5 Å². The highest BCUT2D eigenvalue weighted by Crippen LogP contribution is 2.28. The quantitative estimate of drug-likeness (QED) is 0.774. The molecule has 0 aliphatic rings. The molecule has 0 aliphatic heterocycles. The van der Waals surface area contributed by atoms with E-state index < -0.39 is 5.82 Å². The Hall–Kier alpha value is -2.31. The maximum Gasteiger partial charge on any atom is 0.167 e. The lowest BCUT2D eigenvalue weighted by Gasteiger charge is -2.12. The smallest absolute Gasteiger partial charge is 0.167 e. The summed E-state index contributed by atoms with van der Waals surface area (Å²) in [4.78, 5) is 0. The van der Waals surface area contributed by atoms with E-state index in [0.717, 1.165) is 0 Å². The van der Waals surface area contributed by atoms with Crippen molar-refractivity contribution in [1.82, 2.24) is 15.0 Å². The number of halogens is 1. The van der Waals surface area contributed by atoms with Gasteiger partial charge < -0.3 is 15.8 Å². The molecular formula is C12H16FN5O. The van der Waals surface area contributed by atoms with Crippen LogP contribution in [0.2, 0.25) is 0 Å². The number of anilines is 2. The van der Waals surface area contributed by atoms with Gasteiger partial charge in [0.1, 0.15) is 0 Å². The number of nitrogens with zero attached hydrogens (tertiary/aromatic N) is 3. The number of nitrogen functional groups attached to an aromatic ring is 1. The number of benzene rings is 1. The lowest BCUT2D eigenvalue weighted by Crippen LogP contribution is -2.12. The lowest BCUT2D eigenvalue weighted by atomic mass is 10.2. The summed E-state index contributed by atoms with van der Waals surface area (Å²) in [6, 6.07) is 2.82. The molecule has 0 unspecified atom stereocenters. The van der Waals surface area contributed by atoms with Crippen molar-refractivity contribution in [3.8, 4) is 5.75 Å². The average molecular weight is 265 g/mol. The third kappa shape index (κ3) is 3.34. The van der Waals surface area contributed by atoms with Crippen LogP contribution in [0.15, 0.2) is 24.5 Å². The maximum atomic E-state index is 13.5. The summed E-state index contributed by atoms with van der Waals surface area (Å²) in [5.41, 5.74) is 6.74. The zero-order chi connectivity index (χ0) is 13.7. The van der Waals surface area contributed by atoms with E-state index in [1.807, 2.05) is 0 Å². The van der Waals surface area contributed by atoms with Crippen molar-refractivity contribution in [3.05, 3.63) is 30.3 Å². The minimum absolute atomic E-state index is 0.194. The number of rotatable bonds is 6. The van der Waals surface area contributed by atoms with E-state index in [2.05, 4.69) is 15.6 Å². The number of nitrogens with two attached hydrogens (primary N) is 1. The molecule has 3 N–H and O–H groups in total. The number of hydrogen-bond acceptors (Lipinski definition) is 5. The van der Waals surface area contributed by atoms with Crippen molar-refractivity contribution < 1.29 is 9.13 Å². The Morgan fingerprint density at radius 3 is 3.00 bits per heavy atom. The largest absolute Gasteiger partial charge is 0.491 e. The fraction of sp³-hybridized carbons (Fsp3) is 0.333. The summed E-state index contributed by atoms with van der Waals surface area (Å²) < 4.78 is 20.4. The van der Waals surface area contributed by atoms with Gasteiger partial charge in [-0.15, -0.1) is 5.10 Å². The molecule has 1 aromatic carbocycles. The predicted octanol–water partition coefficient (Wildman–Crippen LogP) is 1.51. The highest BCUT2D eigenvalue weighted by molar-refractivity contribution is 5.68. The zero-order valence-electron chi connectivity index (χ0n) is 10.6. The monoisotopic (exact) mass is 265 g/mol. The molecule has 1 heterocycles. The minimum Gasteiger partial charge on any atom is -0.491 e. The molecule has 0 bridgehead atoms. The number of ether oxygens (including phenoxy) is 1. The van der Waals surface area contributed by atoms with Crippen LogP contribution in [0.4, 0.5) is 15.8 Å². The molecule has 0 spiro atoms. The molecule has 19 heavy (non-hydrogen) atoms. The van der Waals surface area contributed by atoms with Gasteiger partial charge >= 0.3 is 0 Å². The summed E-state index contributed by atoms with van der Waals surface area (Å²) in [7, 11) is 0. The summed E-state index contributed by atoms with van der Waals surface area (Å²) in [6.45, 7) is 3.44. The first-order valence-corrected chi connectivity index (χ1v) is 6.00. The van der Waals surface area contributed by atoms with Gasteiger partial charge in [-0.2, -0.15) is 0 Å². The van der Waals surface area contributed by atoms with E-state index in [1.165, 1.54) is 6.07 Å². The molecule has 0 fully saturated rings. The number of aromatic nitrogens is 3. The molecular weight excluding hydrogens is 249 g/mol. The first-order chi connectivity index (χ1) is 9.20. The number of nitrogens with one attached hydrogen (secondary N) is 1. The van der Waals surface area contributed by atoms with Crippen LogP contribution in [-0.4, -0.2) is 28.1 Å². The second kappa shape index (κ2) is 6.03. The van der Waals surface area contributed by atoms with Gasteiger partial charge in [0.25, 0.3) is 0 Å². The van der Waals surface area contributed by atoms with Crippen molar-refractivity contribution in [2.75, 3.05) is 24.2 Å². The van der Waals surface area contributed by atoms with E-state index in [4.69, 9.17) is 10.5 Å². The zero-order valence-corrected chi connectivity index (χ0v) is 10.6. The van der Waals surface area contributed by atoms with E-state index in [0.29, 0.717) is 31.1 Å². The fourth-order valence-electron chi connectivity index (χ4n) is 1.65. The molecule has 6 nitrogen and oxygen atoms in total. The Labute approximate surface area is 110 Å². The summed E-state index contributed by atoms with van der Waals surface area (Å²) in [5.74, 6) is -0.263. The Balaban J connectivity index is 2.00. The van der Waals surface area contributed by atoms with Crippen LogP contribution in [0.1, 0.15) is 6.92 Å². The SMILES string of the molecule is CCOc1cc(NCCn2ccnn2)c(N)cc1F. The van der Waals surface area contributed by atoms with Gasteiger partial charge in [0, 0.05) is 24.9 Å². The van der Waals surface area contributed by atoms with Crippen LogP contribution >= 0.6 is 0 Å². The normalized spacial score (nSPS) is 10.4. The van der Waals surface area contributed by atoms with E-state index in [1.54, 1.807) is 30.1 Å². The fourth-order valence-corrected chi connectivity index (χ4v) is 1.65. The van der Waals surface area contributed by atoms with Gasteiger partial charge in [0.15, 0.2) is 11.6 Å². The van der Waals surface area contributed by atoms with Crippen LogP contribution in [0, 0.1) is 5.82 Å². The van der Waals surface area contributed by atoms with Crippen LogP contribution < -0.4 is 15.8 Å². The molecule has 102 valence electrons. The molecule has 2 aromatic rings. The number of hydrogen-bond donors (Lipinski definition) is 2. The van der Waals surface area contributed by atoms with Crippen LogP contribution in [0.5, 0.6) is 5.75 Å². The van der Waals surface area contributed by atoms with Crippen molar-refractivity contribution in [2.24, 2.45) is 0 Å². The second-order valence-corrected chi connectivity index (χ2v) is 3.90. The second-order valence-electron chi connectivity index (χ2n) is 3.90. The molecule has 0 amide bonds. The Bertz CT molecular complexity index is 529. The Kier molecular flexibility index (Phi) is 4.17. The van der Waals surface area contributed by atoms with Crippen LogP contribution in [-0.2, 0) is 6.54 Å². The van der Waals surface area contributed by atoms with Crippen LogP contribution in [0.25, 0.3) is 0 Å². The van der Waals surface area contributed by atoms with Gasteiger partial charge in [-0.05, 0) is 6.92 Å². The van der Waals surface area contributed by atoms with Crippen molar-refractivity contribution in [1.29, 1.82) is 0 Å². The molecule has 0 radical (unpaired) electrons. The summed E-state index contributed by atoms with van der Waals surface area (Å²) in [5, 5.41) is 10.7. The molecule has 0 aliphatic carbocycles. The van der Waals surface area contributed by atoms with E-state index >= 15 is 0 Å². The topological polar surface area (TPSA) is 78.0 Å². The van der Waals surface area contributed by atoms with E-state index in [9.17, 15) is 4.39 Å². The molecule has 0 atom stereocenters. The highest BCUT2D eigenvalue weighted by atomic mass is 19.1. The van der Waals surface area contributed by atoms with Gasteiger partial charge in [-0.3, -0.25) is 4.68 Å². The summed E-state index contributed by atoms with van der Waals surface area (Å²) >= 11 is 0. The van der Waals surface area contributed by atoms with Crippen molar-refractivity contribution >= 4 is 11.4 Å². The lowest BCUT2D eigenvalue weighted by molar-refractivity contribution is 0.322. The Morgan fingerprint density at radius 2 is 2.32 bits per heavy atom. The third-order valence-corrected chi connectivity index (χ3v) is 2.53. The molecule has 7 heteroatoms. The highest BCUT2D eigenvalue weighted by Gasteiger charge is 2.08. The average Bonchev–Trinajstić information content (AvgIpc) is 2.88. The van der Waals surface area contributed by atoms with Gasteiger partial charge in [-0.1, -0.05) is 5.21 Å². The minimum atomic E-state index is -0.457. The van der Waals surface area contributed by atoms with Gasteiger partial charge in [0.05, 0.1) is 30.7 Å².